The van der Waals surface area contributed by atoms with Gasteiger partial charge in [-0.2, -0.15) is 0 Å². The van der Waals surface area contributed by atoms with Crippen molar-refractivity contribution in [1.29, 1.82) is 0 Å². The first-order valence-corrected chi connectivity index (χ1v) is 7.08. The molecule has 118 valence electrons. The van der Waals surface area contributed by atoms with Crippen LogP contribution in [-0.4, -0.2) is 30.1 Å². The molecule has 2 N–H and O–H groups in total. The number of carboxylic acids is 1. The highest BCUT2D eigenvalue weighted by molar-refractivity contribution is 6.00. The molecule has 0 spiro atoms. The summed E-state index contributed by atoms with van der Waals surface area (Å²) in [4.78, 5) is 23.4. The van der Waals surface area contributed by atoms with Gasteiger partial charge in [-0.3, -0.25) is 4.79 Å². The molecule has 0 bridgehead atoms. The summed E-state index contributed by atoms with van der Waals surface area (Å²) in [5.74, 6) is -0.813. The number of amides is 1. The van der Waals surface area contributed by atoms with Crippen LogP contribution in [0.15, 0.2) is 22.6 Å². The van der Waals surface area contributed by atoms with Gasteiger partial charge in [0.2, 0.25) is 0 Å². The first kappa shape index (κ1) is 15.9. The Bertz CT molecular complexity index is 704. The quantitative estimate of drug-likeness (QED) is 0.856. The van der Waals surface area contributed by atoms with Crippen LogP contribution < -0.4 is 10.1 Å². The van der Waals surface area contributed by atoms with Crippen molar-refractivity contribution >= 4 is 22.8 Å². The second kappa shape index (κ2) is 6.51. The lowest BCUT2D eigenvalue weighted by Gasteiger charge is -2.12. The van der Waals surface area contributed by atoms with Crippen molar-refractivity contribution in [3.63, 3.8) is 0 Å². The minimum absolute atomic E-state index is 0.130. The number of hydrogen-bond acceptors (Lipinski definition) is 4. The number of rotatable bonds is 6. The molecule has 0 unspecified atom stereocenters. The van der Waals surface area contributed by atoms with E-state index in [1.165, 1.54) is 0 Å². The van der Waals surface area contributed by atoms with Gasteiger partial charge in [-0.05, 0) is 25.5 Å². The zero-order valence-corrected chi connectivity index (χ0v) is 12.8. The topological polar surface area (TPSA) is 88.8 Å². The molecule has 0 aliphatic carbocycles. The molecule has 0 aliphatic heterocycles. The first-order valence-electron chi connectivity index (χ1n) is 7.08. The smallest absolute Gasteiger partial charge is 0.326 e. The van der Waals surface area contributed by atoms with E-state index in [1.807, 2.05) is 13.0 Å². The molecule has 1 heterocycles. The third-order valence-electron chi connectivity index (χ3n) is 3.53. The summed E-state index contributed by atoms with van der Waals surface area (Å²) in [5, 5.41) is 12.4. The van der Waals surface area contributed by atoms with E-state index < -0.39 is 17.9 Å². The van der Waals surface area contributed by atoms with Gasteiger partial charge in [0, 0.05) is 17.0 Å². The predicted molar refractivity (Wildman–Crippen MR) is 81.3 cm³/mol. The SMILES string of the molecule is CCC[C@@H](NC(=O)c1oc2cc(OC)ccc2c1C)C(=O)O. The molecule has 0 fully saturated rings. The van der Waals surface area contributed by atoms with E-state index in [9.17, 15) is 9.59 Å². The van der Waals surface area contributed by atoms with E-state index in [0.717, 1.165) is 5.39 Å². The van der Waals surface area contributed by atoms with E-state index in [2.05, 4.69) is 5.32 Å². The zero-order valence-electron chi connectivity index (χ0n) is 12.8. The molecule has 0 aliphatic rings. The molecule has 6 nitrogen and oxygen atoms in total. The van der Waals surface area contributed by atoms with Crippen LogP contribution in [0, 0.1) is 6.92 Å². The number of aryl methyl sites for hydroxylation is 1. The van der Waals surface area contributed by atoms with Crippen LogP contribution >= 0.6 is 0 Å². The summed E-state index contributed by atoms with van der Waals surface area (Å²) >= 11 is 0. The molecular formula is C16H19NO5. The minimum Gasteiger partial charge on any atom is -0.497 e. The molecular weight excluding hydrogens is 286 g/mol. The molecule has 0 radical (unpaired) electrons. The van der Waals surface area contributed by atoms with Gasteiger partial charge in [0.15, 0.2) is 5.76 Å². The number of fused-ring (bicyclic) bond motifs is 1. The van der Waals surface area contributed by atoms with Crippen molar-refractivity contribution in [2.24, 2.45) is 0 Å². The third kappa shape index (κ3) is 3.05. The van der Waals surface area contributed by atoms with Crippen molar-refractivity contribution in [1.82, 2.24) is 5.32 Å². The van der Waals surface area contributed by atoms with Gasteiger partial charge in [0.05, 0.1) is 7.11 Å². The number of nitrogens with one attached hydrogen (secondary N) is 1. The number of furan rings is 1. The van der Waals surface area contributed by atoms with Gasteiger partial charge < -0.3 is 19.6 Å². The summed E-state index contributed by atoms with van der Waals surface area (Å²) in [7, 11) is 1.55. The number of benzene rings is 1. The molecule has 22 heavy (non-hydrogen) atoms. The molecule has 6 heteroatoms. The maximum atomic E-state index is 12.3. The summed E-state index contributed by atoms with van der Waals surface area (Å²) in [6.07, 6.45) is 1.03. The van der Waals surface area contributed by atoms with E-state index in [4.69, 9.17) is 14.3 Å². The van der Waals surface area contributed by atoms with E-state index >= 15 is 0 Å². The lowest BCUT2D eigenvalue weighted by molar-refractivity contribution is -0.139. The normalized spacial score (nSPS) is 12.1. The number of carbonyl (C=O) groups is 2. The Hall–Kier alpha value is -2.50. The fourth-order valence-corrected chi connectivity index (χ4v) is 2.32. The number of aliphatic carboxylic acids is 1. The average molecular weight is 305 g/mol. The van der Waals surface area contributed by atoms with Crippen LogP contribution in [0.4, 0.5) is 0 Å². The second-order valence-corrected chi connectivity index (χ2v) is 5.07. The first-order chi connectivity index (χ1) is 10.5. The lowest BCUT2D eigenvalue weighted by atomic mass is 10.1. The molecule has 2 rings (SSSR count). The van der Waals surface area contributed by atoms with Crippen LogP contribution in [0.5, 0.6) is 5.75 Å². The van der Waals surface area contributed by atoms with E-state index in [1.54, 1.807) is 26.2 Å². The highest BCUT2D eigenvalue weighted by Crippen LogP contribution is 2.28. The lowest BCUT2D eigenvalue weighted by Crippen LogP contribution is -2.40. The molecule has 2 aromatic rings. The summed E-state index contributed by atoms with van der Waals surface area (Å²) in [6, 6.07) is 4.37. The highest BCUT2D eigenvalue weighted by Gasteiger charge is 2.24. The van der Waals surface area contributed by atoms with Crippen molar-refractivity contribution < 1.29 is 23.8 Å². The largest absolute Gasteiger partial charge is 0.497 e. The van der Waals surface area contributed by atoms with E-state index in [-0.39, 0.29) is 5.76 Å². The summed E-state index contributed by atoms with van der Waals surface area (Å²) in [6.45, 7) is 3.63. The number of hydrogen-bond donors (Lipinski definition) is 2. The van der Waals surface area contributed by atoms with Crippen molar-refractivity contribution in [3.8, 4) is 5.75 Å². The van der Waals surface area contributed by atoms with Gasteiger partial charge in [-0.1, -0.05) is 13.3 Å². The molecule has 1 atom stereocenters. The van der Waals surface area contributed by atoms with Crippen LogP contribution in [0.2, 0.25) is 0 Å². The van der Waals surface area contributed by atoms with Gasteiger partial charge in [-0.15, -0.1) is 0 Å². The number of carbonyl (C=O) groups excluding carboxylic acids is 1. The summed E-state index contributed by atoms with van der Waals surface area (Å²) in [5.41, 5.74) is 1.21. The standard InChI is InChI=1S/C16H19NO5/c1-4-5-12(16(19)20)17-15(18)14-9(2)11-7-6-10(21-3)8-13(11)22-14/h6-8,12H,4-5H2,1-3H3,(H,17,18)(H,19,20)/t12-/m1/s1. The van der Waals surface area contributed by atoms with Crippen molar-refractivity contribution in [2.45, 2.75) is 32.7 Å². The Kier molecular flexibility index (Phi) is 4.70. The number of ether oxygens (including phenoxy) is 1. The van der Waals surface area contributed by atoms with Crippen molar-refractivity contribution in [2.75, 3.05) is 7.11 Å². The Morgan fingerprint density at radius 1 is 1.41 bits per heavy atom. The maximum absolute atomic E-state index is 12.3. The van der Waals surface area contributed by atoms with Crippen LogP contribution in [0.1, 0.15) is 35.9 Å². The zero-order chi connectivity index (χ0) is 16.3. The van der Waals surface area contributed by atoms with Crippen molar-refractivity contribution in [3.05, 3.63) is 29.5 Å². The predicted octanol–water partition coefficient (Wildman–Crippen LogP) is 2.73. The third-order valence-corrected chi connectivity index (χ3v) is 3.53. The molecule has 0 saturated carbocycles. The Morgan fingerprint density at radius 2 is 2.14 bits per heavy atom. The molecule has 1 amide bonds. The highest BCUT2D eigenvalue weighted by atomic mass is 16.5. The number of methoxy groups -OCH3 is 1. The van der Waals surface area contributed by atoms with Crippen LogP contribution in [0.25, 0.3) is 11.0 Å². The number of carboxylic acid groups (broad SMARTS) is 1. The maximum Gasteiger partial charge on any atom is 0.326 e. The van der Waals surface area contributed by atoms with E-state index in [0.29, 0.717) is 29.7 Å². The van der Waals surface area contributed by atoms with Gasteiger partial charge in [-0.25, -0.2) is 4.79 Å². The fourth-order valence-electron chi connectivity index (χ4n) is 2.32. The van der Waals surface area contributed by atoms with Gasteiger partial charge in [0.1, 0.15) is 17.4 Å². The summed E-state index contributed by atoms with van der Waals surface area (Å²) < 4.78 is 10.7. The second-order valence-electron chi connectivity index (χ2n) is 5.07. The fraction of sp³-hybridized carbons (Fsp3) is 0.375. The molecule has 1 aromatic carbocycles. The molecule has 0 saturated heterocycles. The Morgan fingerprint density at radius 3 is 2.73 bits per heavy atom. The Labute approximate surface area is 128 Å². The Balaban J connectivity index is 2.31. The minimum atomic E-state index is -1.05. The van der Waals surface area contributed by atoms with Gasteiger partial charge in [0.25, 0.3) is 5.91 Å². The monoisotopic (exact) mass is 305 g/mol. The molecule has 1 aromatic heterocycles. The van der Waals surface area contributed by atoms with Crippen LogP contribution in [0.3, 0.4) is 0 Å². The average Bonchev–Trinajstić information content (AvgIpc) is 2.83. The van der Waals surface area contributed by atoms with Gasteiger partial charge >= 0.3 is 5.97 Å². The van der Waals surface area contributed by atoms with Crippen LogP contribution in [-0.2, 0) is 4.79 Å².